The normalized spacial score (nSPS) is 14.6. The Kier molecular flexibility index (Phi) is 6.13. The van der Waals surface area contributed by atoms with E-state index in [0.29, 0.717) is 43.0 Å². The highest BCUT2D eigenvalue weighted by molar-refractivity contribution is 7.93. The number of benzene rings is 2. The first-order chi connectivity index (χ1) is 13.0. The lowest BCUT2D eigenvalue weighted by molar-refractivity contribution is -0.121. The van der Waals surface area contributed by atoms with Crippen molar-refractivity contribution in [1.29, 1.82) is 0 Å². The zero-order valence-corrected chi connectivity index (χ0v) is 15.8. The third kappa shape index (κ3) is 4.31. The van der Waals surface area contributed by atoms with Gasteiger partial charge in [-0.3, -0.25) is 9.10 Å². The summed E-state index contributed by atoms with van der Waals surface area (Å²) in [5.74, 6) is 0.683. The van der Waals surface area contributed by atoms with Crippen molar-refractivity contribution in [3.05, 3.63) is 48.5 Å². The molecule has 1 aliphatic rings. The van der Waals surface area contributed by atoms with Crippen LogP contribution in [0.2, 0.25) is 0 Å². The molecule has 0 unspecified atom stereocenters. The van der Waals surface area contributed by atoms with E-state index >= 15 is 0 Å². The van der Waals surface area contributed by atoms with Crippen LogP contribution >= 0.6 is 0 Å². The zero-order valence-electron chi connectivity index (χ0n) is 15.0. The lowest BCUT2D eigenvalue weighted by Gasteiger charge is -2.23. The summed E-state index contributed by atoms with van der Waals surface area (Å²) >= 11 is 0. The smallest absolute Gasteiger partial charge is 0.268 e. The van der Waals surface area contributed by atoms with Crippen molar-refractivity contribution in [2.45, 2.75) is 37.0 Å². The van der Waals surface area contributed by atoms with Gasteiger partial charge in [-0.2, -0.15) is 0 Å². The van der Waals surface area contributed by atoms with E-state index in [0.717, 1.165) is 12.8 Å². The predicted octanol–water partition coefficient (Wildman–Crippen LogP) is 3.50. The molecular formula is C20H23NO5S. The first-order valence-corrected chi connectivity index (χ1v) is 10.5. The van der Waals surface area contributed by atoms with Gasteiger partial charge < -0.3 is 9.84 Å². The third-order valence-corrected chi connectivity index (χ3v) is 6.37. The molecule has 1 aliphatic heterocycles. The SMILES string of the molecule is O=C(CO)CCCCCCN1c2ccccc2Oc2ccccc2S1(=O)=O. The number of ketones is 1. The molecule has 3 rings (SSSR count). The highest BCUT2D eigenvalue weighted by Gasteiger charge is 2.32. The first-order valence-electron chi connectivity index (χ1n) is 9.05. The molecule has 27 heavy (non-hydrogen) atoms. The minimum atomic E-state index is -3.72. The van der Waals surface area contributed by atoms with Gasteiger partial charge in [0.25, 0.3) is 10.0 Å². The van der Waals surface area contributed by atoms with Crippen LogP contribution in [0.3, 0.4) is 0 Å². The largest absolute Gasteiger partial charge is 0.454 e. The van der Waals surface area contributed by atoms with Gasteiger partial charge in [0.15, 0.2) is 11.5 Å². The number of hydrogen-bond acceptors (Lipinski definition) is 5. The molecule has 2 aromatic rings. The lowest BCUT2D eigenvalue weighted by Crippen LogP contribution is -2.31. The number of unbranched alkanes of at least 4 members (excludes halogenated alkanes) is 3. The van der Waals surface area contributed by atoms with Crippen LogP contribution in [-0.2, 0) is 14.8 Å². The molecule has 1 N–H and O–H groups in total. The van der Waals surface area contributed by atoms with E-state index in [1.165, 1.54) is 4.31 Å². The molecule has 144 valence electrons. The minimum absolute atomic E-state index is 0.159. The van der Waals surface area contributed by atoms with Gasteiger partial charge in [-0.1, -0.05) is 37.1 Å². The number of sulfonamides is 1. The van der Waals surface area contributed by atoms with Crippen molar-refractivity contribution in [3.63, 3.8) is 0 Å². The number of carbonyl (C=O) groups is 1. The maximum atomic E-state index is 13.2. The second-order valence-corrected chi connectivity index (χ2v) is 8.29. The minimum Gasteiger partial charge on any atom is -0.454 e. The molecule has 0 aliphatic carbocycles. The van der Waals surface area contributed by atoms with Gasteiger partial charge in [0.05, 0.1) is 5.69 Å². The van der Waals surface area contributed by atoms with Crippen molar-refractivity contribution in [3.8, 4) is 11.5 Å². The van der Waals surface area contributed by atoms with Gasteiger partial charge in [0.1, 0.15) is 17.3 Å². The standard InChI is InChI=1S/C20H23NO5S/c22-15-16(23)9-3-1-2-8-14-21-17-10-4-5-11-18(17)26-19-12-6-7-13-20(19)27(21,24)25/h4-7,10-13,22H,1-3,8-9,14-15H2. The Bertz CT molecular complexity index is 910. The van der Waals surface area contributed by atoms with Gasteiger partial charge in [-0.15, -0.1) is 0 Å². The zero-order chi connectivity index (χ0) is 19.3. The Morgan fingerprint density at radius 3 is 2.37 bits per heavy atom. The molecule has 7 heteroatoms. The number of anilines is 1. The van der Waals surface area contributed by atoms with Gasteiger partial charge >= 0.3 is 0 Å². The lowest BCUT2D eigenvalue weighted by atomic mass is 10.1. The Morgan fingerprint density at radius 2 is 1.59 bits per heavy atom. The molecule has 0 fully saturated rings. The summed E-state index contributed by atoms with van der Waals surface area (Å²) < 4.78 is 33.7. The average molecular weight is 389 g/mol. The highest BCUT2D eigenvalue weighted by atomic mass is 32.2. The van der Waals surface area contributed by atoms with Crippen molar-refractivity contribution in [1.82, 2.24) is 0 Å². The number of carbonyl (C=O) groups excluding carboxylic acids is 1. The number of nitrogens with zero attached hydrogens (tertiary/aromatic N) is 1. The van der Waals surface area contributed by atoms with Crippen LogP contribution in [0.4, 0.5) is 5.69 Å². The van der Waals surface area contributed by atoms with Crippen molar-refractivity contribution < 1.29 is 23.1 Å². The van der Waals surface area contributed by atoms with Crippen LogP contribution in [0.15, 0.2) is 53.4 Å². The molecule has 6 nitrogen and oxygen atoms in total. The monoisotopic (exact) mass is 389 g/mol. The van der Waals surface area contributed by atoms with E-state index in [2.05, 4.69) is 0 Å². The Balaban J connectivity index is 1.76. The van der Waals surface area contributed by atoms with E-state index in [1.54, 1.807) is 42.5 Å². The molecule has 0 saturated carbocycles. The molecule has 2 aromatic carbocycles. The van der Waals surface area contributed by atoms with E-state index in [9.17, 15) is 13.2 Å². The summed E-state index contributed by atoms with van der Waals surface area (Å²) in [4.78, 5) is 11.3. The van der Waals surface area contributed by atoms with Crippen LogP contribution in [-0.4, -0.2) is 32.5 Å². The second kappa shape index (κ2) is 8.54. The van der Waals surface area contributed by atoms with Crippen molar-refractivity contribution in [2.75, 3.05) is 17.5 Å². The quantitative estimate of drug-likeness (QED) is 0.699. The van der Waals surface area contributed by atoms with Crippen molar-refractivity contribution in [2.24, 2.45) is 0 Å². The van der Waals surface area contributed by atoms with Crippen LogP contribution < -0.4 is 9.04 Å². The van der Waals surface area contributed by atoms with E-state index in [-0.39, 0.29) is 10.7 Å². The molecule has 0 spiro atoms. The summed E-state index contributed by atoms with van der Waals surface area (Å²) in [6.07, 6.45) is 3.35. The summed E-state index contributed by atoms with van der Waals surface area (Å²) in [7, 11) is -3.72. The third-order valence-electron chi connectivity index (χ3n) is 4.51. The van der Waals surface area contributed by atoms with Gasteiger partial charge in [-0.25, -0.2) is 8.42 Å². The number of hydrogen-bond donors (Lipinski definition) is 1. The Morgan fingerprint density at radius 1 is 0.926 bits per heavy atom. The fourth-order valence-electron chi connectivity index (χ4n) is 3.11. The molecule has 0 atom stereocenters. The number of aliphatic hydroxyl groups is 1. The summed E-state index contributed by atoms with van der Waals surface area (Å²) in [6, 6.07) is 13.8. The fourth-order valence-corrected chi connectivity index (χ4v) is 4.75. The second-order valence-electron chi connectivity index (χ2n) is 6.45. The molecule has 0 bridgehead atoms. The van der Waals surface area contributed by atoms with Crippen LogP contribution in [0.25, 0.3) is 0 Å². The Labute approximate surface area is 159 Å². The molecule has 1 heterocycles. The number of ether oxygens (including phenoxy) is 1. The van der Waals surface area contributed by atoms with E-state index < -0.39 is 16.6 Å². The number of para-hydroxylation sites is 3. The van der Waals surface area contributed by atoms with Crippen LogP contribution in [0.1, 0.15) is 32.1 Å². The topological polar surface area (TPSA) is 83.9 Å². The first kappa shape index (κ1) is 19.4. The Hall–Kier alpha value is -2.38. The van der Waals surface area contributed by atoms with Crippen molar-refractivity contribution >= 4 is 21.5 Å². The van der Waals surface area contributed by atoms with Gasteiger partial charge in [-0.05, 0) is 37.1 Å². The van der Waals surface area contributed by atoms with Gasteiger partial charge in [0.2, 0.25) is 0 Å². The summed E-state index contributed by atoms with van der Waals surface area (Å²) in [5.41, 5.74) is 0.532. The maximum absolute atomic E-state index is 13.2. The predicted molar refractivity (Wildman–Crippen MR) is 103 cm³/mol. The fraction of sp³-hybridized carbons (Fsp3) is 0.350. The molecule has 0 amide bonds. The molecular weight excluding hydrogens is 366 g/mol. The van der Waals surface area contributed by atoms with E-state index in [1.807, 2.05) is 6.07 Å². The number of aliphatic hydroxyl groups excluding tert-OH is 1. The maximum Gasteiger partial charge on any atom is 0.268 e. The average Bonchev–Trinajstić information content (AvgIpc) is 2.76. The molecule has 0 saturated heterocycles. The summed E-state index contributed by atoms with van der Waals surface area (Å²) in [5, 5.41) is 8.73. The molecule has 0 aromatic heterocycles. The van der Waals surface area contributed by atoms with E-state index in [4.69, 9.17) is 9.84 Å². The van der Waals surface area contributed by atoms with Crippen LogP contribution in [0.5, 0.6) is 11.5 Å². The van der Waals surface area contributed by atoms with Gasteiger partial charge in [0, 0.05) is 13.0 Å². The number of fused-ring (bicyclic) bond motifs is 2. The highest BCUT2D eigenvalue weighted by Crippen LogP contribution is 2.42. The summed E-state index contributed by atoms with van der Waals surface area (Å²) in [6.45, 7) is -0.0762. The number of Topliss-reactive ketones (excluding diaryl/α,β-unsaturated/α-hetero) is 1. The van der Waals surface area contributed by atoms with Crippen LogP contribution in [0, 0.1) is 0 Å². The number of rotatable bonds is 8. The molecule has 0 radical (unpaired) electrons.